The second-order valence-electron chi connectivity index (χ2n) is 11.9. The quantitative estimate of drug-likeness (QED) is 0.186. The highest BCUT2D eigenvalue weighted by molar-refractivity contribution is 5.72. The topological polar surface area (TPSA) is 78.7 Å². The predicted molar refractivity (Wildman–Crippen MR) is 169 cm³/mol. The minimum atomic E-state index is -0.537. The molecule has 0 fully saturated rings. The third-order valence-corrected chi connectivity index (χ3v) is 7.39. The lowest BCUT2D eigenvalue weighted by Crippen LogP contribution is -2.33. The van der Waals surface area contributed by atoms with Crippen molar-refractivity contribution in [3.05, 3.63) is 119 Å². The number of rotatable bonds is 8. The zero-order valence-corrected chi connectivity index (χ0v) is 25.5. The molecule has 5 aromatic rings. The summed E-state index contributed by atoms with van der Waals surface area (Å²) in [5.41, 5.74) is 6.40. The zero-order valence-electron chi connectivity index (χ0n) is 25.5. The third-order valence-electron chi connectivity index (χ3n) is 7.39. The van der Waals surface area contributed by atoms with Gasteiger partial charge in [-0.3, -0.25) is 4.90 Å². The summed E-state index contributed by atoms with van der Waals surface area (Å²) in [6.07, 6.45) is 1.54. The maximum absolute atomic E-state index is 12.7. The van der Waals surface area contributed by atoms with E-state index in [1.807, 2.05) is 111 Å². The van der Waals surface area contributed by atoms with Gasteiger partial charge in [0.25, 0.3) is 0 Å². The van der Waals surface area contributed by atoms with Crippen LogP contribution in [0.3, 0.4) is 0 Å². The second-order valence-corrected chi connectivity index (χ2v) is 11.9. The van der Waals surface area contributed by atoms with Crippen LogP contribution in [0.15, 0.2) is 97.2 Å². The van der Waals surface area contributed by atoms with Gasteiger partial charge in [-0.05, 0) is 55.2 Å². The smallest absolute Gasteiger partial charge is 0.410 e. The normalized spacial score (nSPS) is 12.6. The molecule has 1 aliphatic rings. The van der Waals surface area contributed by atoms with E-state index in [9.17, 15) is 4.79 Å². The van der Waals surface area contributed by atoms with E-state index in [2.05, 4.69) is 18.2 Å². The standard InChI is InChI=1S/C36H36N4O4/c1-36(2,3)44-35(41)40-21-28-16-15-27(19-29(28)22-40)33-37-20-31(39(33)4)30-17-18-32(42-23-25-11-7-5-8-12-25)38-34(30)43-24-26-13-9-6-10-14-26/h5-20H,21-24H2,1-4H3. The van der Waals surface area contributed by atoms with Crippen LogP contribution in [-0.2, 0) is 38.1 Å². The van der Waals surface area contributed by atoms with Gasteiger partial charge in [0, 0.05) is 31.8 Å². The van der Waals surface area contributed by atoms with Gasteiger partial charge in [-0.1, -0.05) is 72.8 Å². The van der Waals surface area contributed by atoms with E-state index >= 15 is 0 Å². The average Bonchev–Trinajstić information content (AvgIpc) is 3.62. The number of nitrogens with zero attached hydrogens (tertiary/aromatic N) is 4. The maximum atomic E-state index is 12.7. The van der Waals surface area contributed by atoms with E-state index in [1.54, 1.807) is 4.90 Å². The molecule has 8 nitrogen and oxygen atoms in total. The maximum Gasteiger partial charge on any atom is 0.410 e. The number of hydrogen-bond donors (Lipinski definition) is 0. The summed E-state index contributed by atoms with van der Waals surface area (Å²) in [5.74, 6) is 1.75. The highest BCUT2D eigenvalue weighted by atomic mass is 16.6. The molecule has 0 radical (unpaired) electrons. The largest absolute Gasteiger partial charge is 0.473 e. The molecule has 0 spiro atoms. The Bertz CT molecular complexity index is 1760. The van der Waals surface area contributed by atoms with Crippen LogP contribution >= 0.6 is 0 Å². The third kappa shape index (κ3) is 6.59. The van der Waals surface area contributed by atoms with Crippen molar-refractivity contribution in [2.24, 2.45) is 7.05 Å². The SMILES string of the molecule is Cn1c(-c2ccc(OCc3ccccc3)nc2OCc2ccccc2)cnc1-c1ccc2c(c1)CN(C(=O)OC(C)(C)C)C2. The van der Waals surface area contributed by atoms with E-state index in [-0.39, 0.29) is 6.09 Å². The number of aromatic nitrogens is 3. The van der Waals surface area contributed by atoms with E-state index in [0.717, 1.165) is 44.9 Å². The van der Waals surface area contributed by atoms with E-state index in [1.165, 1.54) is 0 Å². The molecule has 224 valence electrons. The summed E-state index contributed by atoms with van der Waals surface area (Å²) in [7, 11) is 1.98. The molecule has 3 heterocycles. The van der Waals surface area contributed by atoms with Gasteiger partial charge in [-0.15, -0.1) is 0 Å². The zero-order chi connectivity index (χ0) is 30.7. The first-order valence-electron chi connectivity index (χ1n) is 14.7. The van der Waals surface area contributed by atoms with Gasteiger partial charge in [0.1, 0.15) is 24.6 Å². The van der Waals surface area contributed by atoms with Crippen LogP contribution in [0.2, 0.25) is 0 Å². The first-order chi connectivity index (χ1) is 21.2. The van der Waals surface area contributed by atoms with E-state index in [0.29, 0.717) is 38.1 Å². The minimum Gasteiger partial charge on any atom is -0.473 e. The van der Waals surface area contributed by atoms with Crippen LogP contribution < -0.4 is 9.47 Å². The molecule has 0 atom stereocenters. The molecule has 3 aromatic carbocycles. The number of carbonyl (C=O) groups excluding carboxylic acids is 1. The molecule has 0 N–H and O–H groups in total. The number of imidazole rings is 1. The first-order valence-corrected chi connectivity index (χ1v) is 14.7. The Balaban J connectivity index is 1.26. The molecular formula is C36H36N4O4. The molecule has 0 unspecified atom stereocenters. The Kier molecular flexibility index (Phi) is 8.07. The molecule has 0 saturated heterocycles. The van der Waals surface area contributed by atoms with Gasteiger partial charge in [-0.25, -0.2) is 9.78 Å². The number of fused-ring (bicyclic) bond motifs is 1. The lowest BCUT2D eigenvalue weighted by atomic mass is 10.1. The van der Waals surface area contributed by atoms with Crippen molar-refractivity contribution in [1.29, 1.82) is 0 Å². The highest BCUT2D eigenvalue weighted by Crippen LogP contribution is 2.35. The highest BCUT2D eigenvalue weighted by Gasteiger charge is 2.28. The molecule has 8 heteroatoms. The van der Waals surface area contributed by atoms with Gasteiger partial charge >= 0.3 is 6.09 Å². The van der Waals surface area contributed by atoms with Gasteiger partial charge < -0.3 is 18.8 Å². The monoisotopic (exact) mass is 588 g/mol. The fourth-order valence-electron chi connectivity index (χ4n) is 5.18. The number of carbonyl (C=O) groups is 1. The molecule has 6 rings (SSSR count). The van der Waals surface area contributed by atoms with Crippen molar-refractivity contribution >= 4 is 6.09 Å². The molecular weight excluding hydrogens is 552 g/mol. The molecule has 0 saturated carbocycles. The molecule has 0 bridgehead atoms. The number of pyridine rings is 1. The van der Waals surface area contributed by atoms with Crippen molar-refractivity contribution in [3.63, 3.8) is 0 Å². The number of hydrogen-bond acceptors (Lipinski definition) is 6. The summed E-state index contributed by atoms with van der Waals surface area (Å²) in [5, 5.41) is 0. The number of benzene rings is 3. The Morgan fingerprint density at radius 2 is 1.48 bits per heavy atom. The van der Waals surface area contributed by atoms with Crippen LogP contribution in [0.5, 0.6) is 11.8 Å². The summed E-state index contributed by atoms with van der Waals surface area (Å²) < 4.78 is 19.9. The lowest BCUT2D eigenvalue weighted by Gasteiger charge is -2.24. The fraction of sp³-hybridized carbons (Fsp3) is 0.250. The summed E-state index contributed by atoms with van der Waals surface area (Å²) in [6.45, 7) is 7.44. The Hall–Kier alpha value is -5.11. The molecule has 2 aromatic heterocycles. The van der Waals surface area contributed by atoms with Gasteiger partial charge in [-0.2, -0.15) is 4.98 Å². The summed E-state index contributed by atoms with van der Waals surface area (Å²) in [4.78, 5) is 24.0. The van der Waals surface area contributed by atoms with Crippen LogP contribution in [0.25, 0.3) is 22.6 Å². The molecule has 1 aliphatic heterocycles. The van der Waals surface area contributed by atoms with E-state index < -0.39 is 5.60 Å². The predicted octanol–water partition coefficient (Wildman–Crippen LogP) is 7.56. The van der Waals surface area contributed by atoms with Crippen LogP contribution in [0.1, 0.15) is 43.0 Å². The van der Waals surface area contributed by atoms with Crippen LogP contribution in [0, 0.1) is 0 Å². The van der Waals surface area contributed by atoms with Gasteiger partial charge in [0.15, 0.2) is 0 Å². The van der Waals surface area contributed by atoms with Gasteiger partial charge in [0.05, 0.1) is 17.5 Å². The second kappa shape index (κ2) is 12.2. The van der Waals surface area contributed by atoms with Crippen molar-refractivity contribution in [3.8, 4) is 34.4 Å². The molecule has 0 aliphatic carbocycles. The first kappa shape index (κ1) is 29.0. The minimum absolute atomic E-state index is 0.304. The molecule has 1 amide bonds. The summed E-state index contributed by atoms with van der Waals surface area (Å²) in [6, 6.07) is 30.1. The average molecular weight is 589 g/mol. The van der Waals surface area contributed by atoms with Crippen molar-refractivity contribution in [1.82, 2.24) is 19.4 Å². The Labute approximate surface area is 257 Å². The molecule has 44 heavy (non-hydrogen) atoms. The van der Waals surface area contributed by atoms with Crippen molar-refractivity contribution < 1.29 is 19.0 Å². The lowest BCUT2D eigenvalue weighted by molar-refractivity contribution is 0.0242. The van der Waals surface area contributed by atoms with Crippen LogP contribution in [-0.4, -0.2) is 31.1 Å². The summed E-state index contributed by atoms with van der Waals surface area (Å²) >= 11 is 0. The number of ether oxygens (including phenoxy) is 3. The van der Waals surface area contributed by atoms with Crippen molar-refractivity contribution in [2.75, 3.05) is 0 Å². The van der Waals surface area contributed by atoms with Gasteiger partial charge in [0.2, 0.25) is 11.8 Å². The van der Waals surface area contributed by atoms with E-state index in [4.69, 9.17) is 24.2 Å². The Morgan fingerprint density at radius 1 is 0.818 bits per heavy atom. The fourth-order valence-corrected chi connectivity index (χ4v) is 5.18. The number of amides is 1. The Morgan fingerprint density at radius 3 is 2.16 bits per heavy atom. The van der Waals surface area contributed by atoms with Crippen molar-refractivity contribution in [2.45, 2.75) is 52.7 Å². The van der Waals surface area contributed by atoms with Crippen LogP contribution in [0.4, 0.5) is 4.79 Å².